The number of hydrogen-bond acceptors (Lipinski definition) is 3. The van der Waals surface area contributed by atoms with E-state index in [0.29, 0.717) is 18.3 Å². The molecular weight excluding hydrogens is 333 g/mol. The van der Waals surface area contributed by atoms with Crippen molar-refractivity contribution in [3.63, 3.8) is 0 Å². The van der Waals surface area contributed by atoms with Crippen LogP contribution in [0.2, 0.25) is 0 Å². The average molecular weight is 359 g/mol. The molecule has 1 aliphatic rings. The third-order valence-corrected chi connectivity index (χ3v) is 4.58. The highest BCUT2D eigenvalue weighted by atomic mass is 19.1. The fourth-order valence-corrected chi connectivity index (χ4v) is 3.20. The van der Waals surface area contributed by atoms with Gasteiger partial charge in [0, 0.05) is 45.8 Å². The highest BCUT2D eigenvalue weighted by Gasteiger charge is 2.26. The molecule has 3 rings (SSSR count). The zero-order valence-electron chi connectivity index (χ0n) is 15.4. The molecule has 0 radical (unpaired) electrons. The van der Waals surface area contributed by atoms with Gasteiger partial charge >= 0.3 is 0 Å². The molecule has 0 spiro atoms. The van der Waals surface area contributed by atoms with Crippen molar-refractivity contribution in [2.45, 2.75) is 18.8 Å². The summed E-state index contributed by atoms with van der Waals surface area (Å²) in [6.45, 7) is 3.30. The van der Waals surface area contributed by atoms with Gasteiger partial charge in [0.05, 0.1) is 12.8 Å². The molecular formula is C19H26FN5O. The molecule has 0 bridgehead atoms. The Bertz CT molecular complexity index is 728. The molecule has 0 aliphatic carbocycles. The van der Waals surface area contributed by atoms with Gasteiger partial charge in [-0.1, -0.05) is 0 Å². The number of guanidine groups is 1. The van der Waals surface area contributed by atoms with E-state index < -0.39 is 0 Å². The van der Waals surface area contributed by atoms with Gasteiger partial charge in [-0.15, -0.1) is 0 Å². The molecule has 140 valence electrons. The number of aryl methyl sites for hydroxylation is 1. The molecule has 1 aliphatic heterocycles. The van der Waals surface area contributed by atoms with E-state index >= 15 is 0 Å². The minimum Gasteiger partial charge on any atom is -0.494 e. The van der Waals surface area contributed by atoms with Gasteiger partial charge in [0.1, 0.15) is 11.6 Å². The van der Waals surface area contributed by atoms with E-state index in [2.05, 4.69) is 26.5 Å². The van der Waals surface area contributed by atoms with Crippen molar-refractivity contribution >= 4 is 5.96 Å². The Balaban J connectivity index is 1.39. The van der Waals surface area contributed by atoms with E-state index in [1.54, 1.807) is 12.1 Å². The van der Waals surface area contributed by atoms with E-state index in [1.807, 2.05) is 25.0 Å². The van der Waals surface area contributed by atoms with Gasteiger partial charge in [0.15, 0.2) is 5.96 Å². The lowest BCUT2D eigenvalue weighted by atomic mass is 10.0. The highest BCUT2D eigenvalue weighted by Crippen LogP contribution is 2.26. The topological polar surface area (TPSA) is 54.7 Å². The number of nitrogens with zero attached hydrogens (tertiary/aromatic N) is 4. The van der Waals surface area contributed by atoms with E-state index in [-0.39, 0.29) is 5.82 Å². The monoisotopic (exact) mass is 359 g/mol. The number of benzene rings is 1. The molecule has 1 aromatic heterocycles. The van der Waals surface area contributed by atoms with Crippen molar-refractivity contribution in [1.29, 1.82) is 0 Å². The van der Waals surface area contributed by atoms with Gasteiger partial charge in [-0.2, -0.15) is 5.10 Å². The maximum atomic E-state index is 12.9. The number of aromatic nitrogens is 2. The highest BCUT2D eigenvalue weighted by molar-refractivity contribution is 5.80. The summed E-state index contributed by atoms with van der Waals surface area (Å²) in [4.78, 5) is 6.69. The van der Waals surface area contributed by atoms with E-state index in [9.17, 15) is 4.39 Å². The van der Waals surface area contributed by atoms with Crippen LogP contribution in [-0.2, 0) is 7.05 Å². The lowest BCUT2D eigenvalue weighted by Crippen LogP contribution is -2.40. The van der Waals surface area contributed by atoms with Crippen molar-refractivity contribution < 1.29 is 9.13 Å². The van der Waals surface area contributed by atoms with Crippen molar-refractivity contribution in [3.05, 3.63) is 48.0 Å². The predicted octanol–water partition coefficient (Wildman–Crippen LogP) is 2.39. The van der Waals surface area contributed by atoms with Crippen LogP contribution in [0.15, 0.2) is 41.7 Å². The van der Waals surface area contributed by atoms with Gasteiger partial charge in [0.2, 0.25) is 0 Å². The third kappa shape index (κ3) is 4.74. The summed E-state index contributed by atoms with van der Waals surface area (Å²) >= 11 is 0. The Labute approximate surface area is 153 Å². The quantitative estimate of drug-likeness (QED) is 0.489. The number of halogens is 1. The number of likely N-dealkylation sites (tertiary alicyclic amines) is 1. The smallest absolute Gasteiger partial charge is 0.193 e. The molecule has 7 heteroatoms. The van der Waals surface area contributed by atoms with Crippen LogP contribution in [0, 0.1) is 5.82 Å². The van der Waals surface area contributed by atoms with Crippen molar-refractivity contribution in [2.75, 3.05) is 33.3 Å². The van der Waals surface area contributed by atoms with Gasteiger partial charge in [-0.3, -0.25) is 9.67 Å². The maximum absolute atomic E-state index is 12.9. The summed E-state index contributed by atoms with van der Waals surface area (Å²) in [6.07, 6.45) is 6.00. The minimum absolute atomic E-state index is 0.252. The molecule has 1 fully saturated rings. The Kier molecular flexibility index (Phi) is 6.09. The van der Waals surface area contributed by atoms with Crippen molar-refractivity contribution in [3.8, 4) is 5.75 Å². The van der Waals surface area contributed by atoms with Crippen LogP contribution in [0.3, 0.4) is 0 Å². The second-order valence-corrected chi connectivity index (χ2v) is 6.51. The van der Waals surface area contributed by atoms with Gasteiger partial charge in [-0.05, 0) is 42.7 Å². The molecule has 1 unspecified atom stereocenters. The first-order valence-electron chi connectivity index (χ1n) is 8.98. The Morgan fingerprint density at radius 2 is 2.19 bits per heavy atom. The normalized spacial score (nSPS) is 17.6. The third-order valence-electron chi connectivity index (χ3n) is 4.58. The van der Waals surface area contributed by atoms with E-state index in [0.717, 1.165) is 38.4 Å². The first-order valence-corrected chi connectivity index (χ1v) is 8.98. The lowest BCUT2D eigenvalue weighted by Gasteiger charge is -2.21. The van der Waals surface area contributed by atoms with Crippen LogP contribution in [0.25, 0.3) is 0 Å². The molecule has 1 saturated heterocycles. The summed E-state index contributed by atoms with van der Waals surface area (Å²) in [7, 11) is 3.76. The predicted molar refractivity (Wildman–Crippen MR) is 100 cm³/mol. The second kappa shape index (κ2) is 8.69. The summed E-state index contributed by atoms with van der Waals surface area (Å²) in [5, 5.41) is 7.67. The van der Waals surface area contributed by atoms with Crippen molar-refractivity contribution in [2.24, 2.45) is 12.0 Å². The molecule has 2 aromatic rings. The van der Waals surface area contributed by atoms with Crippen LogP contribution >= 0.6 is 0 Å². The van der Waals surface area contributed by atoms with Crippen LogP contribution in [-0.4, -0.2) is 53.9 Å². The first kappa shape index (κ1) is 18.2. The summed E-state index contributed by atoms with van der Waals surface area (Å²) in [6, 6.07) is 6.10. The van der Waals surface area contributed by atoms with Gasteiger partial charge in [-0.25, -0.2) is 4.39 Å². The Hall–Kier alpha value is -2.57. The number of hydrogen-bond donors (Lipinski definition) is 1. The van der Waals surface area contributed by atoms with E-state index in [1.165, 1.54) is 17.7 Å². The number of rotatable bonds is 6. The summed E-state index contributed by atoms with van der Waals surface area (Å²) < 4.78 is 20.3. The van der Waals surface area contributed by atoms with Crippen LogP contribution < -0.4 is 10.1 Å². The second-order valence-electron chi connectivity index (χ2n) is 6.51. The van der Waals surface area contributed by atoms with Gasteiger partial charge < -0.3 is 15.0 Å². The fourth-order valence-electron chi connectivity index (χ4n) is 3.20. The average Bonchev–Trinajstić information content (AvgIpc) is 3.29. The molecule has 6 nitrogen and oxygen atoms in total. The Morgan fingerprint density at radius 1 is 1.38 bits per heavy atom. The number of ether oxygens (including phenoxy) is 1. The largest absolute Gasteiger partial charge is 0.494 e. The van der Waals surface area contributed by atoms with Crippen molar-refractivity contribution in [1.82, 2.24) is 20.0 Å². The standard InChI is InChI=1S/C19H26FN5O/c1-21-19(22-9-3-11-26-18-6-4-17(20)5-7-18)25-10-8-15(14-25)16-12-23-24(2)13-16/h4-7,12-13,15H,3,8-11,14H2,1-2H3,(H,21,22). The summed E-state index contributed by atoms with van der Waals surface area (Å²) in [5.41, 5.74) is 1.29. The SMILES string of the molecule is CN=C(NCCCOc1ccc(F)cc1)N1CCC(c2cnn(C)c2)C1. The van der Waals surface area contributed by atoms with Crippen LogP contribution in [0.4, 0.5) is 4.39 Å². The molecule has 2 heterocycles. The number of nitrogens with one attached hydrogen (secondary N) is 1. The minimum atomic E-state index is -0.252. The van der Waals surface area contributed by atoms with E-state index in [4.69, 9.17) is 4.74 Å². The molecule has 26 heavy (non-hydrogen) atoms. The molecule has 0 amide bonds. The Morgan fingerprint density at radius 3 is 2.88 bits per heavy atom. The first-order chi connectivity index (χ1) is 12.7. The maximum Gasteiger partial charge on any atom is 0.193 e. The molecule has 1 atom stereocenters. The summed E-state index contributed by atoms with van der Waals surface area (Å²) in [5.74, 6) is 1.87. The molecule has 1 aromatic carbocycles. The fraction of sp³-hybridized carbons (Fsp3) is 0.474. The zero-order chi connectivity index (χ0) is 18.4. The zero-order valence-corrected chi connectivity index (χ0v) is 15.4. The van der Waals surface area contributed by atoms with Crippen LogP contribution in [0.5, 0.6) is 5.75 Å². The molecule has 1 N–H and O–H groups in total. The van der Waals surface area contributed by atoms with Gasteiger partial charge in [0.25, 0.3) is 0 Å². The van der Waals surface area contributed by atoms with Crippen LogP contribution in [0.1, 0.15) is 24.3 Å². The number of aliphatic imine (C=N–C) groups is 1. The molecule has 0 saturated carbocycles. The lowest BCUT2D eigenvalue weighted by molar-refractivity contribution is 0.310.